The van der Waals surface area contributed by atoms with Gasteiger partial charge in [0.25, 0.3) is 5.91 Å². The molecule has 122 valence electrons. The fraction of sp³-hybridized carbons (Fsp3) is 0.412. The first-order valence-corrected chi connectivity index (χ1v) is 7.69. The predicted molar refractivity (Wildman–Crippen MR) is 86.5 cm³/mol. The average Bonchev–Trinajstić information content (AvgIpc) is 3.04. The molecule has 0 spiro atoms. The van der Waals surface area contributed by atoms with Gasteiger partial charge in [-0.25, -0.2) is 0 Å². The Morgan fingerprint density at radius 3 is 2.87 bits per heavy atom. The fourth-order valence-corrected chi connectivity index (χ4v) is 2.94. The maximum atomic E-state index is 12.7. The van der Waals surface area contributed by atoms with Gasteiger partial charge in [-0.3, -0.25) is 4.79 Å². The number of piperazine rings is 1. The van der Waals surface area contributed by atoms with Crippen LogP contribution in [0.3, 0.4) is 0 Å². The predicted octanol–water partition coefficient (Wildman–Crippen LogP) is 2.13. The molecule has 0 bridgehead atoms. The Balaban J connectivity index is 1.83. The maximum absolute atomic E-state index is 12.7. The molecule has 0 saturated carbocycles. The summed E-state index contributed by atoms with van der Waals surface area (Å²) in [6.45, 7) is 4.48. The van der Waals surface area contributed by atoms with E-state index in [9.17, 15) is 4.79 Å². The molecule has 2 aromatic rings. The topological polar surface area (TPSA) is 58.8 Å². The van der Waals surface area contributed by atoms with Crippen molar-refractivity contribution in [2.24, 2.45) is 0 Å². The van der Waals surface area contributed by atoms with Crippen LogP contribution in [0.1, 0.15) is 17.4 Å². The molecule has 1 fully saturated rings. The third-order valence-corrected chi connectivity index (χ3v) is 4.19. The van der Waals surface area contributed by atoms with Crippen LogP contribution in [0.4, 0.5) is 0 Å². The molecule has 6 nitrogen and oxygen atoms in total. The summed E-state index contributed by atoms with van der Waals surface area (Å²) in [4.78, 5) is 16.7. The molecule has 0 unspecified atom stereocenters. The van der Waals surface area contributed by atoms with E-state index in [1.807, 2.05) is 29.2 Å². The second-order valence-corrected chi connectivity index (χ2v) is 5.89. The number of amides is 1. The van der Waals surface area contributed by atoms with Crippen LogP contribution < -0.4 is 4.74 Å². The number of para-hydroxylation sites is 1. The van der Waals surface area contributed by atoms with Gasteiger partial charge < -0.3 is 19.1 Å². The van der Waals surface area contributed by atoms with E-state index in [2.05, 4.69) is 24.0 Å². The minimum absolute atomic E-state index is 0.0875. The number of nitrogens with zero attached hydrogens (tertiary/aromatic N) is 3. The van der Waals surface area contributed by atoms with Gasteiger partial charge in [0.05, 0.1) is 12.7 Å². The first-order chi connectivity index (χ1) is 11.1. The highest BCUT2D eigenvalue weighted by atomic mass is 16.5. The molecule has 1 saturated heterocycles. The number of methoxy groups -OCH3 is 1. The van der Waals surface area contributed by atoms with Crippen LogP contribution >= 0.6 is 0 Å². The third-order valence-electron chi connectivity index (χ3n) is 4.19. The average molecular weight is 315 g/mol. The molecular formula is C17H21N3O3. The van der Waals surface area contributed by atoms with Crippen molar-refractivity contribution in [2.45, 2.75) is 13.0 Å². The van der Waals surface area contributed by atoms with Gasteiger partial charge in [-0.05, 0) is 26.1 Å². The lowest BCUT2D eigenvalue weighted by molar-refractivity contribution is 0.0523. The van der Waals surface area contributed by atoms with Crippen molar-refractivity contribution >= 4 is 5.91 Å². The van der Waals surface area contributed by atoms with Crippen LogP contribution in [0.5, 0.6) is 5.75 Å². The Morgan fingerprint density at radius 2 is 2.13 bits per heavy atom. The van der Waals surface area contributed by atoms with Crippen LogP contribution in [0.25, 0.3) is 11.3 Å². The molecular weight excluding hydrogens is 294 g/mol. The molecule has 1 aromatic heterocycles. The second-order valence-electron chi connectivity index (χ2n) is 5.89. The summed E-state index contributed by atoms with van der Waals surface area (Å²) >= 11 is 0. The highest BCUT2D eigenvalue weighted by molar-refractivity contribution is 5.93. The SMILES string of the molecule is COc1ccccc1-c1cc(C(=O)N2CCN(C)C[C@H]2C)no1. The van der Waals surface area contributed by atoms with Crippen molar-refractivity contribution in [3.8, 4) is 17.1 Å². The monoisotopic (exact) mass is 315 g/mol. The summed E-state index contributed by atoms with van der Waals surface area (Å²) in [5.74, 6) is 1.14. The lowest BCUT2D eigenvalue weighted by Crippen LogP contribution is -2.52. The number of carbonyl (C=O) groups is 1. The van der Waals surface area contributed by atoms with Crippen molar-refractivity contribution in [1.29, 1.82) is 0 Å². The van der Waals surface area contributed by atoms with Crippen LogP contribution in [0, 0.1) is 0 Å². The summed E-state index contributed by atoms with van der Waals surface area (Å²) in [6, 6.07) is 9.35. The molecule has 0 radical (unpaired) electrons. The molecule has 1 atom stereocenters. The Kier molecular flexibility index (Phi) is 4.34. The van der Waals surface area contributed by atoms with Gasteiger partial charge in [-0.15, -0.1) is 0 Å². The van der Waals surface area contributed by atoms with E-state index in [-0.39, 0.29) is 11.9 Å². The quantitative estimate of drug-likeness (QED) is 0.868. The number of carbonyl (C=O) groups excluding carboxylic acids is 1. The number of hydrogen-bond acceptors (Lipinski definition) is 5. The lowest BCUT2D eigenvalue weighted by atomic mass is 10.1. The van der Waals surface area contributed by atoms with E-state index in [1.54, 1.807) is 13.2 Å². The lowest BCUT2D eigenvalue weighted by Gasteiger charge is -2.37. The minimum Gasteiger partial charge on any atom is -0.496 e. The Bertz CT molecular complexity index is 698. The normalized spacial score (nSPS) is 18.9. The van der Waals surface area contributed by atoms with E-state index >= 15 is 0 Å². The van der Waals surface area contributed by atoms with Crippen LogP contribution in [-0.4, -0.2) is 60.7 Å². The van der Waals surface area contributed by atoms with Crippen LogP contribution in [0.2, 0.25) is 0 Å². The molecule has 6 heteroatoms. The van der Waals surface area contributed by atoms with Crippen LogP contribution in [-0.2, 0) is 0 Å². The third kappa shape index (κ3) is 3.07. The largest absolute Gasteiger partial charge is 0.496 e. The summed E-state index contributed by atoms with van der Waals surface area (Å²) in [5, 5.41) is 3.96. The van der Waals surface area contributed by atoms with E-state index in [0.717, 1.165) is 18.7 Å². The fourth-order valence-electron chi connectivity index (χ4n) is 2.94. The summed E-state index contributed by atoms with van der Waals surface area (Å²) < 4.78 is 10.7. The number of likely N-dealkylation sites (N-methyl/N-ethyl adjacent to an activating group) is 1. The van der Waals surface area contributed by atoms with Gasteiger partial charge in [0.15, 0.2) is 11.5 Å². The number of benzene rings is 1. The molecule has 1 amide bonds. The number of ether oxygens (including phenoxy) is 1. The molecule has 23 heavy (non-hydrogen) atoms. The molecule has 0 aliphatic carbocycles. The van der Waals surface area contributed by atoms with Crippen molar-refractivity contribution in [3.63, 3.8) is 0 Å². The van der Waals surface area contributed by atoms with E-state index in [0.29, 0.717) is 23.7 Å². The molecule has 1 aliphatic rings. The molecule has 3 rings (SSSR count). The van der Waals surface area contributed by atoms with Crippen molar-refractivity contribution in [3.05, 3.63) is 36.0 Å². The van der Waals surface area contributed by atoms with Crippen molar-refractivity contribution < 1.29 is 14.1 Å². The second kappa shape index (κ2) is 6.42. The zero-order chi connectivity index (χ0) is 16.4. The first kappa shape index (κ1) is 15.6. The maximum Gasteiger partial charge on any atom is 0.276 e. The smallest absolute Gasteiger partial charge is 0.276 e. The highest BCUT2D eigenvalue weighted by Crippen LogP contribution is 2.30. The van der Waals surface area contributed by atoms with Crippen molar-refractivity contribution in [1.82, 2.24) is 15.0 Å². The highest BCUT2D eigenvalue weighted by Gasteiger charge is 2.28. The molecule has 0 N–H and O–H groups in total. The van der Waals surface area contributed by atoms with Gasteiger partial charge in [0.2, 0.25) is 0 Å². The van der Waals surface area contributed by atoms with Gasteiger partial charge in [-0.2, -0.15) is 0 Å². The summed E-state index contributed by atoms with van der Waals surface area (Å²) in [6.07, 6.45) is 0. The number of rotatable bonds is 3. The van der Waals surface area contributed by atoms with Gasteiger partial charge >= 0.3 is 0 Å². The van der Waals surface area contributed by atoms with E-state index in [4.69, 9.17) is 9.26 Å². The summed E-state index contributed by atoms with van der Waals surface area (Å²) in [5.41, 5.74) is 1.12. The van der Waals surface area contributed by atoms with Gasteiger partial charge in [-0.1, -0.05) is 17.3 Å². The zero-order valence-corrected chi connectivity index (χ0v) is 13.7. The van der Waals surface area contributed by atoms with Crippen LogP contribution in [0.15, 0.2) is 34.9 Å². The molecule has 1 aromatic carbocycles. The first-order valence-electron chi connectivity index (χ1n) is 7.69. The van der Waals surface area contributed by atoms with E-state index < -0.39 is 0 Å². The standard InChI is InChI=1S/C17H21N3O3/c1-12-11-19(2)8-9-20(12)17(21)14-10-16(23-18-14)13-6-4-5-7-15(13)22-3/h4-7,10,12H,8-9,11H2,1-3H3/t12-/m1/s1. The molecule has 2 heterocycles. The Hall–Kier alpha value is -2.34. The molecule has 1 aliphatic heterocycles. The van der Waals surface area contributed by atoms with Gasteiger partial charge in [0, 0.05) is 31.7 Å². The Labute approximate surface area is 135 Å². The minimum atomic E-state index is -0.0875. The van der Waals surface area contributed by atoms with Gasteiger partial charge in [0.1, 0.15) is 5.75 Å². The zero-order valence-electron chi connectivity index (χ0n) is 13.7. The Morgan fingerprint density at radius 1 is 1.35 bits per heavy atom. The summed E-state index contributed by atoms with van der Waals surface area (Å²) in [7, 11) is 3.67. The van der Waals surface area contributed by atoms with E-state index in [1.165, 1.54) is 0 Å². The number of aromatic nitrogens is 1. The van der Waals surface area contributed by atoms with Crippen molar-refractivity contribution in [2.75, 3.05) is 33.8 Å². The number of hydrogen-bond donors (Lipinski definition) is 0.